The molecule has 1 fully saturated rings. The lowest BCUT2D eigenvalue weighted by Crippen LogP contribution is -2.50. The molecule has 0 bridgehead atoms. The minimum Gasteiger partial charge on any atom is -0.444 e. The smallest absolute Gasteiger partial charge is 0.410 e. The molecule has 1 saturated heterocycles. The SMILES string of the molecule is CC(C)(C)OC(=O)N1CCN(c2nc(-c3ccc(F)c(F)c3)no2)CC1. The van der Waals surface area contributed by atoms with Crippen molar-refractivity contribution in [2.75, 3.05) is 31.1 Å². The van der Waals surface area contributed by atoms with E-state index in [0.29, 0.717) is 31.7 Å². The summed E-state index contributed by atoms with van der Waals surface area (Å²) in [7, 11) is 0. The zero-order valence-electron chi connectivity index (χ0n) is 14.8. The van der Waals surface area contributed by atoms with Crippen LogP contribution >= 0.6 is 0 Å². The van der Waals surface area contributed by atoms with Gasteiger partial charge in [0, 0.05) is 31.7 Å². The molecule has 1 aromatic carbocycles. The third-order valence-electron chi connectivity index (χ3n) is 3.79. The van der Waals surface area contributed by atoms with Gasteiger partial charge < -0.3 is 19.1 Å². The van der Waals surface area contributed by atoms with Crippen LogP contribution in [-0.2, 0) is 4.74 Å². The number of carbonyl (C=O) groups excluding carboxylic acids is 1. The van der Waals surface area contributed by atoms with Crippen molar-refractivity contribution in [3.05, 3.63) is 29.8 Å². The van der Waals surface area contributed by atoms with Crippen molar-refractivity contribution in [1.82, 2.24) is 15.0 Å². The van der Waals surface area contributed by atoms with Crippen LogP contribution in [0.25, 0.3) is 11.4 Å². The van der Waals surface area contributed by atoms with Crippen molar-refractivity contribution in [3.63, 3.8) is 0 Å². The average Bonchev–Trinajstić information content (AvgIpc) is 3.06. The molecule has 0 spiro atoms. The number of carbonyl (C=O) groups is 1. The van der Waals surface area contributed by atoms with Gasteiger partial charge in [0.2, 0.25) is 5.82 Å². The number of piperazine rings is 1. The molecule has 2 heterocycles. The van der Waals surface area contributed by atoms with Gasteiger partial charge in [-0.3, -0.25) is 0 Å². The summed E-state index contributed by atoms with van der Waals surface area (Å²) in [6.07, 6.45) is -0.356. The molecule has 2 aromatic rings. The molecule has 0 saturated carbocycles. The number of amides is 1. The summed E-state index contributed by atoms with van der Waals surface area (Å²) in [6.45, 7) is 7.37. The van der Waals surface area contributed by atoms with E-state index in [1.54, 1.807) is 4.90 Å². The number of hydrogen-bond acceptors (Lipinski definition) is 6. The molecule has 0 aliphatic carbocycles. The molecule has 1 aliphatic heterocycles. The summed E-state index contributed by atoms with van der Waals surface area (Å²) >= 11 is 0. The average molecular weight is 366 g/mol. The Labute approximate surface area is 149 Å². The highest BCUT2D eigenvalue weighted by atomic mass is 19.2. The highest BCUT2D eigenvalue weighted by Gasteiger charge is 2.28. The maximum Gasteiger partial charge on any atom is 0.410 e. The van der Waals surface area contributed by atoms with Crippen LogP contribution in [0.4, 0.5) is 19.6 Å². The van der Waals surface area contributed by atoms with E-state index in [1.807, 2.05) is 25.7 Å². The lowest BCUT2D eigenvalue weighted by molar-refractivity contribution is 0.0238. The quantitative estimate of drug-likeness (QED) is 0.813. The number of ether oxygens (including phenoxy) is 1. The van der Waals surface area contributed by atoms with Crippen LogP contribution in [0.3, 0.4) is 0 Å². The molecule has 1 aliphatic rings. The number of halogens is 2. The van der Waals surface area contributed by atoms with Gasteiger partial charge in [-0.2, -0.15) is 4.98 Å². The van der Waals surface area contributed by atoms with Gasteiger partial charge in [-0.15, -0.1) is 0 Å². The van der Waals surface area contributed by atoms with Gasteiger partial charge in [-0.1, -0.05) is 5.16 Å². The van der Waals surface area contributed by atoms with E-state index < -0.39 is 17.2 Å². The normalized spacial score (nSPS) is 15.3. The van der Waals surface area contributed by atoms with Crippen LogP contribution in [0.2, 0.25) is 0 Å². The van der Waals surface area contributed by atoms with Crippen molar-refractivity contribution in [2.24, 2.45) is 0 Å². The Morgan fingerprint density at radius 1 is 1.15 bits per heavy atom. The van der Waals surface area contributed by atoms with Gasteiger partial charge in [0.1, 0.15) is 5.60 Å². The fourth-order valence-electron chi connectivity index (χ4n) is 2.50. The Bertz CT molecular complexity index is 796. The molecule has 1 amide bonds. The number of hydrogen-bond donors (Lipinski definition) is 0. The van der Waals surface area contributed by atoms with Crippen LogP contribution in [0.1, 0.15) is 20.8 Å². The van der Waals surface area contributed by atoms with Crippen molar-refractivity contribution in [3.8, 4) is 11.4 Å². The van der Waals surface area contributed by atoms with Gasteiger partial charge >= 0.3 is 12.1 Å². The second-order valence-corrected chi connectivity index (χ2v) is 6.98. The van der Waals surface area contributed by atoms with E-state index in [2.05, 4.69) is 10.1 Å². The minimum absolute atomic E-state index is 0.175. The van der Waals surface area contributed by atoms with E-state index in [0.717, 1.165) is 12.1 Å². The molecule has 9 heteroatoms. The van der Waals surface area contributed by atoms with Crippen LogP contribution in [-0.4, -0.2) is 52.9 Å². The summed E-state index contributed by atoms with van der Waals surface area (Å²) in [5.74, 6) is -1.73. The Hall–Kier alpha value is -2.71. The molecule has 0 radical (unpaired) electrons. The van der Waals surface area contributed by atoms with Gasteiger partial charge in [0.15, 0.2) is 11.6 Å². The standard InChI is InChI=1S/C17H20F2N4O3/c1-17(2,3)25-16(24)23-8-6-22(7-9-23)15-20-14(21-26-15)11-4-5-12(18)13(19)10-11/h4-5,10H,6-9H2,1-3H3. The fourth-order valence-corrected chi connectivity index (χ4v) is 2.50. The summed E-state index contributed by atoms with van der Waals surface area (Å²) in [6, 6.07) is 3.69. The van der Waals surface area contributed by atoms with Gasteiger partial charge in [0.25, 0.3) is 0 Å². The predicted octanol–water partition coefficient (Wildman–Crippen LogP) is 3.07. The van der Waals surface area contributed by atoms with E-state index >= 15 is 0 Å². The molecule has 0 N–H and O–H groups in total. The first-order chi connectivity index (χ1) is 12.2. The van der Waals surface area contributed by atoms with Crippen molar-refractivity contribution in [2.45, 2.75) is 26.4 Å². The molecule has 1 aromatic heterocycles. The van der Waals surface area contributed by atoms with Crippen molar-refractivity contribution >= 4 is 12.1 Å². The summed E-state index contributed by atoms with van der Waals surface area (Å²) in [5, 5.41) is 3.81. The highest BCUT2D eigenvalue weighted by Crippen LogP contribution is 2.22. The van der Waals surface area contributed by atoms with E-state index in [-0.39, 0.29) is 17.9 Å². The molecule has 0 atom stereocenters. The molecule has 26 heavy (non-hydrogen) atoms. The first kappa shape index (κ1) is 18.1. The van der Waals surface area contributed by atoms with Gasteiger partial charge in [-0.25, -0.2) is 13.6 Å². The van der Waals surface area contributed by atoms with Crippen molar-refractivity contribution < 1.29 is 22.8 Å². The number of anilines is 1. The molecule has 0 unspecified atom stereocenters. The number of rotatable bonds is 2. The number of nitrogens with zero attached hydrogens (tertiary/aromatic N) is 4. The van der Waals surface area contributed by atoms with E-state index in [9.17, 15) is 13.6 Å². The maximum absolute atomic E-state index is 13.3. The zero-order valence-corrected chi connectivity index (χ0v) is 14.8. The highest BCUT2D eigenvalue weighted by molar-refractivity contribution is 5.68. The Morgan fingerprint density at radius 2 is 1.85 bits per heavy atom. The molecule has 3 rings (SSSR count). The molecular formula is C17H20F2N4O3. The zero-order chi connectivity index (χ0) is 18.9. The van der Waals surface area contributed by atoms with Gasteiger partial charge in [0.05, 0.1) is 0 Å². The Morgan fingerprint density at radius 3 is 2.46 bits per heavy atom. The van der Waals surface area contributed by atoms with Gasteiger partial charge in [-0.05, 0) is 39.0 Å². The molecule has 140 valence electrons. The summed E-state index contributed by atoms with van der Waals surface area (Å²) in [5.41, 5.74) is -0.216. The molecular weight excluding hydrogens is 346 g/mol. The molecule has 7 nitrogen and oxygen atoms in total. The first-order valence-electron chi connectivity index (χ1n) is 8.25. The number of benzene rings is 1. The van der Waals surface area contributed by atoms with Crippen LogP contribution in [0, 0.1) is 11.6 Å². The third-order valence-corrected chi connectivity index (χ3v) is 3.79. The lowest BCUT2D eigenvalue weighted by Gasteiger charge is -2.34. The minimum atomic E-state index is -0.972. The fraction of sp³-hybridized carbons (Fsp3) is 0.471. The number of aromatic nitrogens is 2. The van der Waals surface area contributed by atoms with Crippen LogP contribution in [0.5, 0.6) is 0 Å². The van der Waals surface area contributed by atoms with Crippen LogP contribution in [0.15, 0.2) is 22.7 Å². The second-order valence-electron chi connectivity index (χ2n) is 6.98. The third kappa shape index (κ3) is 4.09. The van der Waals surface area contributed by atoms with E-state index in [4.69, 9.17) is 9.26 Å². The van der Waals surface area contributed by atoms with Crippen molar-refractivity contribution in [1.29, 1.82) is 0 Å². The van der Waals surface area contributed by atoms with E-state index in [1.165, 1.54) is 6.07 Å². The van der Waals surface area contributed by atoms with Crippen LogP contribution < -0.4 is 4.90 Å². The largest absolute Gasteiger partial charge is 0.444 e. The maximum atomic E-state index is 13.3. The predicted molar refractivity (Wildman–Crippen MR) is 89.7 cm³/mol. The lowest BCUT2D eigenvalue weighted by atomic mass is 10.2. The Kier molecular flexibility index (Phi) is 4.80. The monoisotopic (exact) mass is 366 g/mol. The second kappa shape index (κ2) is 6.89. The summed E-state index contributed by atoms with van der Waals surface area (Å²) < 4.78 is 36.9. The topological polar surface area (TPSA) is 71.7 Å². The Balaban J connectivity index is 1.63. The first-order valence-corrected chi connectivity index (χ1v) is 8.25. The summed E-state index contributed by atoms with van der Waals surface area (Å²) in [4.78, 5) is 19.8.